The van der Waals surface area contributed by atoms with Gasteiger partial charge in [-0.3, -0.25) is 9.59 Å². The molecule has 1 aliphatic heterocycles. The van der Waals surface area contributed by atoms with E-state index in [2.05, 4.69) is 5.32 Å². The Hall–Kier alpha value is -2.49. The predicted octanol–water partition coefficient (Wildman–Crippen LogP) is 1.12. The van der Waals surface area contributed by atoms with Gasteiger partial charge in [0, 0.05) is 24.7 Å². The number of fused-ring (bicyclic) bond motifs is 1. The Morgan fingerprint density at radius 2 is 2.20 bits per heavy atom. The second kappa shape index (κ2) is 5.65. The minimum atomic E-state index is -1.06. The fourth-order valence-electron chi connectivity index (χ4n) is 2.24. The van der Waals surface area contributed by atoms with Gasteiger partial charge in [0.05, 0.1) is 11.6 Å². The zero-order chi connectivity index (χ0) is 14.7. The van der Waals surface area contributed by atoms with E-state index in [1.807, 2.05) is 6.07 Å². The Morgan fingerprint density at radius 1 is 1.45 bits per heavy atom. The molecule has 0 fully saturated rings. The van der Waals surface area contributed by atoms with Gasteiger partial charge in [0.25, 0.3) is 5.91 Å². The molecule has 0 radical (unpaired) electrons. The lowest BCUT2D eigenvalue weighted by Gasteiger charge is -2.19. The number of hydrogen-bond acceptors (Lipinski definition) is 3. The lowest BCUT2D eigenvalue weighted by Crippen LogP contribution is -2.30. The highest BCUT2D eigenvalue weighted by molar-refractivity contribution is 5.99. The van der Waals surface area contributed by atoms with Crippen LogP contribution in [0, 0.1) is 23.0 Å². The summed E-state index contributed by atoms with van der Waals surface area (Å²) in [4.78, 5) is 23.4. The predicted molar refractivity (Wildman–Crippen MR) is 64.4 cm³/mol. The van der Waals surface area contributed by atoms with Crippen LogP contribution in [0.1, 0.15) is 28.4 Å². The van der Waals surface area contributed by atoms with Crippen molar-refractivity contribution in [2.24, 2.45) is 0 Å². The summed E-state index contributed by atoms with van der Waals surface area (Å²) >= 11 is 0. The largest absolute Gasteiger partial charge is 0.359 e. The molecule has 0 bridgehead atoms. The molecule has 1 aromatic rings. The van der Waals surface area contributed by atoms with Crippen LogP contribution in [0.3, 0.4) is 0 Å². The number of benzene rings is 1. The Balaban J connectivity index is 2.26. The van der Waals surface area contributed by atoms with Crippen LogP contribution in [0.4, 0.5) is 8.78 Å². The van der Waals surface area contributed by atoms with Gasteiger partial charge >= 0.3 is 0 Å². The van der Waals surface area contributed by atoms with Crippen molar-refractivity contribution in [3.05, 3.63) is 34.9 Å². The third-order valence-corrected chi connectivity index (χ3v) is 3.10. The van der Waals surface area contributed by atoms with Crippen LogP contribution in [-0.4, -0.2) is 30.3 Å². The SMILES string of the molecule is N#CC1c2c(F)cc(F)cc2C(=O)N1CCCNC=O. The van der Waals surface area contributed by atoms with Crippen LogP contribution in [0.25, 0.3) is 0 Å². The topological polar surface area (TPSA) is 73.2 Å². The molecular weight excluding hydrogens is 268 g/mol. The van der Waals surface area contributed by atoms with Gasteiger partial charge in [-0.15, -0.1) is 0 Å². The maximum absolute atomic E-state index is 13.7. The van der Waals surface area contributed by atoms with Crippen molar-refractivity contribution in [1.29, 1.82) is 5.26 Å². The summed E-state index contributed by atoms with van der Waals surface area (Å²) in [6, 6.07) is 2.39. The number of hydrogen-bond donors (Lipinski definition) is 1. The van der Waals surface area contributed by atoms with E-state index in [-0.39, 0.29) is 17.7 Å². The molecule has 1 aliphatic rings. The second-order valence-corrected chi connectivity index (χ2v) is 4.30. The van der Waals surface area contributed by atoms with E-state index >= 15 is 0 Å². The van der Waals surface area contributed by atoms with Crippen LogP contribution in [0.15, 0.2) is 12.1 Å². The van der Waals surface area contributed by atoms with Gasteiger partial charge in [-0.2, -0.15) is 5.26 Å². The molecule has 5 nitrogen and oxygen atoms in total. The van der Waals surface area contributed by atoms with Crippen molar-refractivity contribution < 1.29 is 18.4 Å². The van der Waals surface area contributed by atoms with Crippen molar-refractivity contribution in [3.8, 4) is 6.07 Å². The average Bonchev–Trinajstić information content (AvgIpc) is 2.68. The molecule has 0 saturated carbocycles. The van der Waals surface area contributed by atoms with E-state index in [0.29, 0.717) is 25.4 Å². The smallest absolute Gasteiger partial charge is 0.255 e. The highest BCUT2D eigenvalue weighted by atomic mass is 19.1. The van der Waals surface area contributed by atoms with E-state index < -0.39 is 23.6 Å². The minimum Gasteiger partial charge on any atom is -0.359 e. The van der Waals surface area contributed by atoms with Gasteiger partial charge in [-0.25, -0.2) is 8.78 Å². The number of amides is 2. The molecule has 7 heteroatoms. The average molecular weight is 279 g/mol. The Kier molecular flexibility index (Phi) is 3.94. The Morgan fingerprint density at radius 3 is 2.85 bits per heavy atom. The summed E-state index contributed by atoms with van der Waals surface area (Å²) in [5.74, 6) is -2.32. The van der Waals surface area contributed by atoms with Crippen LogP contribution in [0.2, 0.25) is 0 Å². The minimum absolute atomic E-state index is 0.0813. The molecule has 0 spiro atoms. The van der Waals surface area contributed by atoms with Gasteiger partial charge in [0.2, 0.25) is 6.41 Å². The van der Waals surface area contributed by atoms with Crippen LogP contribution in [-0.2, 0) is 4.79 Å². The zero-order valence-corrected chi connectivity index (χ0v) is 10.4. The van der Waals surface area contributed by atoms with Crippen molar-refractivity contribution in [2.75, 3.05) is 13.1 Å². The van der Waals surface area contributed by atoms with Gasteiger partial charge in [0.1, 0.15) is 17.7 Å². The lowest BCUT2D eigenvalue weighted by molar-refractivity contribution is -0.109. The van der Waals surface area contributed by atoms with Gasteiger partial charge in [-0.1, -0.05) is 0 Å². The first-order valence-corrected chi connectivity index (χ1v) is 5.96. The van der Waals surface area contributed by atoms with Gasteiger partial charge in [0.15, 0.2) is 0 Å². The van der Waals surface area contributed by atoms with Crippen molar-refractivity contribution in [2.45, 2.75) is 12.5 Å². The van der Waals surface area contributed by atoms with Crippen LogP contribution < -0.4 is 5.32 Å². The molecule has 1 aromatic carbocycles. The summed E-state index contributed by atoms with van der Waals surface area (Å²) in [5, 5.41) is 11.5. The molecule has 1 unspecified atom stereocenters. The highest BCUT2D eigenvalue weighted by Gasteiger charge is 2.39. The standard InChI is InChI=1S/C13H11F2N3O2/c14-8-4-9-12(10(15)5-8)11(6-16)18(13(9)20)3-1-2-17-7-19/h4-5,7,11H,1-3H2,(H,17,19). The Labute approximate surface area is 113 Å². The van der Waals surface area contributed by atoms with E-state index in [1.54, 1.807) is 0 Å². The number of halogens is 2. The third-order valence-electron chi connectivity index (χ3n) is 3.10. The fourth-order valence-corrected chi connectivity index (χ4v) is 2.24. The number of rotatable bonds is 5. The molecule has 0 saturated heterocycles. The highest BCUT2D eigenvalue weighted by Crippen LogP contribution is 2.35. The first kappa shape index (κ1) is 13.9. The van der Waals surface area contributed by atoms with Gasteiger partial charge < -0.3 is 10.2 Å². The van der Waals surface area contributed by atoms with E-state index in [0.717, 1.165) is 6.07 Å². The number of carbonyl (C=O) groups is 2. The first-order chi connectivity index (χ1) is 9.60. The maximum Gasteiger partial charge on any atom is 0.255 e. The Bertz CT molecular complexity index is 598. The van der Waals surface area contributed by atoms with Crippen molar-refractivity contribution >= 4 is 12.3 Å². The third kappa shape index (κ3) is 2.32. The molecule has 104 valence electrons. The van der Waals surface area contributed by atoms with Crippen LogP contribution in [0.5, 0.6) is 0 Å². The molecular formula is C13H11F2N3O2. The zero-order valence-electron chi connectivity index (χ0n) is 10.4. The monoisotopic (exact) mass is 279 g/mol. The van der Waals surface area contributed by atoms with Crippen molar-refractivity contribution in [3.63, 3.8) is 0 Å². The molecule has 0 aromatic heterocycles. The number of carbonyl (C=O) groups excluding carboxylic acids is 2. The summed E-state index contributed by atoms with van der Waals surface area (Å²) in [7, 11) is 0. The number of nitrogens with zero attached hydrogens (tertiary/aromatic N) is 2. The van der Waals surface area contributed by atoms with E-state index in [1.165, 1.54) is 4.90 Å². The second-order valence-electron chi connectivity index (χ2n) is 4.30. The summed E-state index contributed by atoms with van der Waals surface area (Å²) < 4.78 is 26.9. The molecule has 0 aliphatic carbocycles. The molecule has 1 heterocycles. The van der Waals surface area contributed by atoms with E-state index in [9.17, 15) is 18.4 Å². The summed E-state index contributed by atoms with van der Waals surface area (Å²) in [6.45, 7) is 0.506. The molecule has 2 rings (SSSR count). The normalized spacial score (nSPS) is 16.8. The van der Waals surface area contributed by atoms with Crippen LogP contribution >= 0.6 is 0 Å². The molecule has 20 heavy (non-hydrogen) atoms. The fraction of sp³-hybridized carbons (Fsp3) is 0.308. The molecule has 1 N–H and O–H groups in total. The quantitative estimate of drug-likeness (QED) is 0.648. The summed E-state index contributed by atoms with van der Waals surface area (Å²) in [5.41, 5.74) is -0.195. The molecule has 1 atom stereocenters. The van der Waals surface area contributed by atoms with Crippen molar-refractivity contribution in [1.82, 2.24) is 10.2 Å². The van der Waals surface area contributed by atoms with Gasteiger partial charge in [-0.05, 0) is 12.5 Å². The maximum atomic E-state index is 13.7. The van der Waals surface area contributed by atoms with E-state index in [4.69, 9.17) is 5.26 Å². The lowest BCUT2D eigenvalue weighted by atomic mass is 10.0. The number of nitrogens with one attached hydrogen (secondary N) is 1. The summed E-state index contributed by atoms with van der Waals surface area (Å²) in [6.07, 6.45) is 0.943. The first-order valence-electron chi connectivity index (χ1n) is 5.96. The number of nitriles is 1. The molecule has 2 amide bonds.